The Kier molecular flexibility index (Phi) is 4.29. The molecule has 0 N–H and O–H groups in total. The predicted molar refractivity (Wildman–Crippen MR) is 104 cm³/mol. The van der Waals surface area contributed by atoms with Gasteiger partial charge in [0.1, 0.15) is 17.1 Å². The summed E-state index contributed by atoms with van der Waals surface area (Å²) in [5.74, 6) is 0.0827. The van der Waals surface area contributed by atoms with E-state index >= 15 is 0 Å². The van der Waals surface area contributed by atoms with Crippen LogP contribution in [-0.4, -0.2) is 15.0 Å². The molecule has 3 aromatic carbocycles. The summed E-state index contributed by atoms with van der Waals surface area (Å²) < 4.78 is 27.2. The van der Waals surface area contributed by atoms with Crippen molar-refractivity contribution < 1.29 is 13.9 Å². The van der Waals surface area contributed by atoms with Crippen molar-refractivity contribution in [3.63, 3.8) is 0 Å². The molecule has 0 fully saturated rings. The zero-order chi connectivity index (χ0) is 19.8. The van der Waals surface area contributed by atoms with Gasteiger partial charge in [0, 0.05) is 16.7 Å². The lowest BCUT2D eigenvalue weighted by atomic mass is 10.1. The number of hydrogen-bond donors (Lipinski definition) is 0. The van der Waals surface area contributed by atoms with E-state index in [2.05, 4.69) is 10.3 Å². The third kappa shape index (κ3) is 3.25. The maximum atomic E-state index is 14.2. The van der Waals surface area contributed by atoms with Gasteiger partial charge in [0.05, 0.1) is 18.5 Å². The zero-order valence-corrected chi connectivity index (χ0v) is 15.3. The summed E-state index contributed by atoms with van der Waals surface area (Å²) in [6, 6.07) is 19.2. The molecule has 2 heterocycles. The van der Waals surface area contributed by atoms with Crippen molar-refractivity contribution in [1.82, 2.24) is 15.0 Å². The number of nitrogens with zero attached hydrogens (tertiary/aromatic N) is 3. The number of rotatable bonds is 3. The molecule has 1 aromatic heterocycles. The van der Waals surface area contributed by atoms with Crippen LogP contribution in [0, 0.1) is 5.82 Å². The Bertz CT molecular complexity index is 1260. The third-order valence-corrected chi connectivity index (χ3v) is 4.84. The Hall–Kier alpha value is -3.58. The van der Waals surface area contributed by atoms with Gasteiger partial charge in [-0.1, -0.05) is 47.7 Å². The van der Waals surface area contributed by atoms with Gasteiger partial charge in [0.25, 0.3) is 5.56 Å². The highest BCUT2D eigenvalue weighted by Gasteiger charge is 2.25. The molecule has 0 saturated heterocycles. The average molecular weight is 389 g/mol. The van der Waals surface area contributed by atoms with E-state index in [0.717, 1.165) is 5.56 Å². The molecule has 29 heavy (non-hydrogen) atoms. The normalized spacial score (nSPS) is 15.7. The van der Waals surface area contributed by atoms with Crippen LogP contribution in [0.15, 0.2) is 71.5 Å². The Morgan fingerprint density at radius 2 is 1.86 bits per heavy atom. The lowest BCUT2D eigenvalue weighted by molar-refractivity contribution is -0.112. The first-order valence-electron chi connectivity index (χ1n) is 9.16. The van der Waals surface area contributed by atoms with E-state index in [0.29, 0.717) is 27.8 Å². The maximum Gasteiger partial charge on any atom is 0.277 e. The highest BCUT2D eigenvalue weighted by molar-refractivity contribution is 5.76. The first-order valence-corrected chi connectivity index (χ1v) is 9.16. The van der Waals surface area contributed by atoms with Crippen LogP contribution in [0.25, 0.3) is 10.9 Å². The number of benzene rings is 3. The second kappa shape index (κ2) is 7.10. The van der Waals surface area contributed by atoms with Gasteiger partial charge in [0.2, 0.25) is 6.29 Å². The monoisotopic (exact) mass is 389 g/mol. The molecule has 144 valence electrons. The highest BCUT2D eigenvalue weighted by atomic mass is 19.1. The smallest absolute Gasteiger partial charge is 0.277 e. The van der Waals surface area contributed by atoms with Crippen molar-refractivity contribution in [3.8, 4) is 5.75 Å². The lowest BCUT2D eigenvalue weighted by Gasteiger charge is -2.28. The van der Waals surface area contributed by atoms with Crippen molar-refractivity contribution in [2.75, 3.05) is 0 Å². The van der Waals surface area contributed by atoms with E-state index in [1.807, 2.05) is 30.3 Å². The molecule has 7 heteroatoms. The minimum Gasteiger partial charge on any atom is -0.460 e. The van der Waals surface area contributed by atoms with Gasteiger partial charge >= 0.3 is 0 Å². The number of fused-ring (bicyclic) bond motifs is 2. The maximum absolute atomic E-state index is 14.2. The van der Waals surface area contributed by atoms with Crippen molar-refractivity contribution in [2.45, 2.75) is 19.4 Å². The molecule has 1 aliphatic rings. The molecular weight excluding hydrogens is 373 g/mol. The SMILES string of the molecule is O=c1c2ccccc2nnn1Cc1cc(F)cc2c1O[C@@H](c1ccccc1)OC2. The largest absolute Gasteiger partial charge is 0.460 e. The summed E-state index contributed by atoms with van der Waals surface area (Å²) in [4.78, 5) is 12.8. The van der Waals surface area contributed by atoms with Crippen LogP contribution in [0.4, 0.5) is 4.39 Å². The fourth-order valence-electron chi connectivity index (χ4n) is 3.46. The Balaban J connectivity index is 1.54. The summed E-state index contributed by atoms with van der Waals surface area (Å²) in [6.07, 6.45) is -0.604. The number of hydrogen-bond acceptors (Lipinski definition) is 5. The van der Waals surface area contributed by atoms with Crippen LogP contribution in [-0.2, 0) is 17.9 Å². The van der Waals surface area contributed by atoms with Gasteiger partial charge in [-0.3, -0.25) is 4.79 Å². The van der Waals surface area contributed by atoms with Crippen LogP contribution < -0.4 is 10.3 Å². The van der Waals surface area contributed by atoms with E-state index in [1.54, 1.807) is 24.3 Å². The molecule has 5 rings (SSSR count). The second-order valence-electron chi connectivity index (χ2n) is 6.79. The zero-order valence-electron chi connectivity index (χ0n) is 15.3. The molecule has 0 aliphatic carbocycles. The van der Waals surface area contributed by atoms with Crippen LogP contribution in [0.2, 0.25) is 0 Å². The van der Waals surface area contributed by atoms with E-state index in [9.17, 15) is 9.18 Å². The standard InChI is InChI=1S/C22H16FN3O3/c23-17-10-15(12-26-21(27)18-8-4-5-9-19(18)24-25-26)20-16(11-17)13-28-22(29-20)14-6-2-1-3-7-14/h1-11,22H,12-13H2/t22-/m0/s1. The van der Waals surface area contributed by atoms with Gasteiger partial charge in [-0.05, 0) is 24.3 Å². The fourth-order valence-corrected chi connectivity index (χ4v) is 3.46. The van der Waals surface area contributed by atoms with Crippen molar-refractivity contribution in [2.24, 2.45) is 0 Å². The van der Waals surface area contributed by atoms with Crippen LogP contribution in [0.1, 0.15) is 23.0 Å². The number of aromatic nitrogens is 3. The molecule has 0 saturated carbocycles. The summed E-state index contributed by atoms with van der Waals surface area (Å²) in [5, 5.41) is 8.55. The van der Waals surface area contributed by atoms with Crippen LogP contribution in [0.3, 0.4) is 0 Å². The molecule has 0 unspecified atom stereocenters. The molecule has 0 radical (unpaired) electrons. The fraction of sp³-hybridized carbons (Fsp3) is 0.136. The average Bonchev–Trinajstić information content (AvgIpc) is 2.76. The summed E-state index contributed by atoms with van der Waals surface area (Å²) in [7, 11) is 0. The molecule has 0 bridgehead atoms. The number of ether oxygens (including phenoxy) is 2. The third-order valence-electron chi connectivity index (χ3n) is 4.84. The molecule has 4 aromatic rings. The van der Waals surface area contributed by atoms with E-state index < -0.39 is 12.1 Å². The molecule has 0 amide bonds. The Morgan fingerprint density at radius 1 is 1.07 bits per heavy atom. The number of halogens is 1. The molecule has 1 atom stereocenters. The topological polar surface area (TPSA) is 66.2 Å². The molecule has 0 spiro atoms. The van der Waals surface area contributed by atoms with Gasteiger partial charge in [0.15, 0.2) is 0 Å². The second-order valence-corrected chi connectivity index (χ2v) is 6.79. The predicted octanol–water partition coefficient (Wildman–Crippen LogP) is 3.59. The quantitative estimate of drug-likeness (QED) is 0.536. The van der Waals surface area contributed by atoms with Crippen LogP contribution in [0.5, 0.6) is 5.75 Å². The van der Waals surface area contributed by atoms with E-state index in [4.69, 9.17) is 9.47 Å². The van der Waals surface area contributed by atoms with Gasteiger partial charge in [-0.2, -0.15) is 0 Å². The first-order chi connectivity index (χ1) is 14.2. The van der Waals surface area contributed by atoms with Crippen molar-refractivity contribution >= 4 is 10.9 Å². The lowest BCUT2D eigenvalue weighted by Crippen LogP contribution is -2.26. The van der Waals surface area contributed by atoms with Gasteiger partial charge < -0.3 is 9.47 Å². The minimum atomic E-state index is -0.604. The van der Waals surface area contributed by atoms with Gasteiger partial charge in [-0.25, -0.2) is 9.07 Å². The summed E-state index contributed by atoms with van der Waals surface area (Å²) in [5.41, 5.74) is 2.19. The summed E-state index contributed by atoms with van der Waals surface area (Å²) >= 11 is 0. The van der Waals surface area contributed by atoms with Crippen LogP contribution >= 0.6 is 0 Å². The minimum absolute atomic E-state index is 0.0400. The molecular formula is C22H16FN3O3. The van der Waals surface area contributed by atoms with Gasteiger partial charge in [-0.15, -0.1) is 5.10 Å². The summed E-state index contributed by atoms with van der Waals surface area (Å²) in [6.45, 7) is 0.246. The first kappa shape index (κ1) is 17.5. The van der Waals surface area contributed by atoms with Crippen molar-refractivity contribution in [1.29, 1.82) is 0 Å². The highest BCUT2D eigenvalue weighted by Crippen LogP contribution is 2.36. The van der Waals surface area contributed by atoms with E-state index in [1.165, 1.54) is 16.8 Å². The Morgan fingerprint density at radius 3 is 2.72 bits per heavy atom. The van der Waals surface area contributed by atoms with E-state index in [-0.39, 0.29) is 18.7 Å². The Labute approximate surface area is 165 Å². The molecule has 6 nitrogen and oxygen atoms in total. The molecule has 1 aliphatic heterocycles. The van der Waals surface area contributed by atoms with Crippen molar-refractivity contribution in [3.05, 3.63) is 99.6 Å².